The zero-order valence-corrected chi connectivity index (χ0v) is 11.4. The largest absolute Gasteiger partial charge is 0.348 e. The van der Waals surface area contributed by atoms with Gasteiger partial charge in [-0.3, -0.25) is 0 Å². The molecule has 0 bridgehead atoms. The van der Waals surface area contributed by atoms with Crippen LogP contribution in [0.4, 0.5) is 0 Å². The van der Waals surface area contributed by atoms with E-state index in [4.69, 9.17) is 9.47 Å². The third-order valence-corrected chi connectivity index (χ3v) is 4.22. The first-order valence-electron chi connectivity index (χ1n) is 6.59. The summed E-state index contributed by atoms with van der Waals surface area (Å²) in [6, 6.07) is 0. The molecule has 0 saturated carbocycles. The fourth-order valence-corrected chi connectivity index (χ4v) is 3.00. The van der Waals surface area contributed by atoms with Crippen LogP contribution in [0.5, 0.6) is 0 Å². The molecule has 4 nitrogen and oxygen atoms in total. The Labute approximate surface area is 104 Å². The molecule has 2 heterocycles. The zero-order chi connectivity index (χ0) is 12.7. The van der Waals surface area contributed by atoms with Crippen molar-refractivity contribution in [3.63, 3.8) is 0 Å². The van der Waals surface area contributed by atoms with E-state index in [1.165, 1.54) is 5.06 Å². The van der Waals surface area contributed by atoms with Crippen LogP contribution in [0, 0.1) is 0 Å². The van der Waals surface area contributed by atoms with Gasteiger partial charge in [0.1, 0.15) is 0 Å². The highest BCUT2D eigenvalue weighted by Crippen LogP contribution is 2.45. The third kappa shape index (κ3) is 2.24. The summed E-state index contributed by atoms with van der Waals surface area (Å²) in [5.74, 6) is -0.546. The molecule has 0 N–H and O–H groups in total. The fraction of sp³-hybridized carbons (Fsp3) is 1.00. The van der Waals surface area contributed by atoms with Crippen LogP contribution in [0.25, 0.3) is 0 Å². The van der Waals surface area contributed by atoms with Crippen LogP contribution in [0.2, 0.25) is 0 Å². The minimum atomic E-state index is -0.546. The van der Waals surface area contributed by atoms with Crippen LogP contribution < -0.4 is 0 Å². The van der Waals surface area contributed by atoms with Crippen LogP contribution in [0.3, 0.4) is 0 Å². The summed E-state index contributed by atoms with van der Waals surface area (Å²) in [4.78, 5) is 0. The van der Waals surface area contributed by atoms with E-state index in [0.717, 1.165) is 25.7 Å². The molecule has 0 aliphatic carbocycles. The number of ether oxygens (including phenoxy) is 2. The van der Waals surface area contributed by atoms with Gasteiger partial charge in [-0.05, 0) is 40.0 Å². The Hall–Kier alpha value is -0.160. The maximum Gasteiger partial charge on any atom is 0.162 e. The van der Waals surface area contributed by atoms with Crippen molar-refractivity contribution in [1.82, 2.24) is 5.06 Å². The van der Waals surface area contributed by atoms with Gasteiger partial charge in [-0.2, -0.15) is 0 Å². The monoisotopic (exact) mass is 242 g/mol. The van der Waals surface area contributed by atoms with Crippen molar-refractivity contribution in [2.24, 2.45) is 0 Å². The van der Waals surface area contributed by atoms with Crippen molar-refractivity contribution in [1.29, 1.82) is 0 Å². The van der Waals surface area contributed by atoms with E-state index in [9.17, 15) is 5.21 Å². The van der Waals surface area contributed by atoms with Crippen molar-refractivity contribution in [3.8, 4) is 0 Å². The van der Waals surface area contributed by atoms with Gasteiger partial charge in [0.2, 0.25) is 0 Å². The van der Waals surface area contributed by atoms with Gasteiger partial charge < -0.3 is 9.47 Å². The van der Waals surface area contributed by atoms with E-state index in [-0.39, 0.29) is 5.54 Å². The second-order valence-electron chi connectivity index (χ2n) is 6.24. The summed E-state index contributed by atoms with van der Waals surface area (Å²) < 4.78 is 11.4. The van der Waals surface area contributed by atoms with E-state index in [1.54, 1.807) is 0 Å². The Kier molecular flexibility index (Phi) is 3.28. The van der Waals surface area contributed by atoms with Crippen LogP contribution in [-0.4, -0.2) is 35.1 Å². The lowest BCUT2D eigenvalue weighted by Gasteiger charge is -2.45. The second-order valence-corrected chi connectivity index (χ2v) is 6.24. The highest BCUT2D eigenvalue weighted by atomic mass is 16.7. The average molecular weight is 242 g/mol. The second kappa shape index (κ2) is 4.19. The summed E-state index contributed by atoms with van der Waals surface area (Å²) in [6.07, 6.45) is 3.81. The van der Waals surface area contributed by atoms with Gasteiger partial charge in [-0.1, -0.05) is 13.3 Å². The molecule has 99 valence electrons. The molecular weight excluding hydrogens is 218 g/mol. The normalized spacial score (nSPS) is 36.5. The topological polar surface area (TPSA) is 41.6 Å². The van der Waals surface area contributed by atoms with Crippen LogP contribution in [0.15, 0.2) is 0 Å². The van der Waals surface area contributed by atoms with Crippen LogP contribution in [0.1, 0.15) is 53.4 Å². The van der Waals surface area contributed by atoms with Gasteiger partial charge in [0.15, 0.2) is 5.79 Å². The molecule has 1 radical (unpaired) electrons. The number of nitrogens with zero attached hydrogens (tertiary/aromatic N) is 1. The maximum absolute atomic E-state index is 12.6. The van der Waals surface area contributed by atoms with E-state index < -0.39 is 11.3 Å². The molecule has 0 aromatic carbocycles. The summed E-state index contributed by atoms with van der Waals surface area (Å²) in [5, 5.41) is 13.8. The van der Waals surface area contributed by atoms with Gasteiger partial charge in [0.05, 0.1) is 18.8 Å². The molecule has 2 aliphatic rings. The molecule has 17 heavy (non-hydrogen) atoms. The molecule has 1 atom stereocenters. The zero-order valence-electron chi connectivity index (χ0n) is 11.4. The van der Waals surface area contributed by atoms with Crippen molar-refractivity contribution in [2.75, 3.05) is 13.2 Å². The van der Waals surface area contributed by atoms with Gasteiger partial charge in [0.25, 0.3) is 0 Å². The van der Waals surface area contributed by atoms with Crippen molar-refractivity contribution in [3.05, 3.63) is 0 Å². The SMILES string of the molecule is CCCC1(C)CCC2(COC(C)(C)OC2)N1[O]. The van der Waals surface area contributed by atoms with Crippen molar-refractivity contribution in [2.45, 2.75) is 70.2 Å². The first-order valence-corrected chi connectivity index (χ1v) is 6.59. The lowest BCUT2D eigenvalue weighted by molar-refractivity contribution is -0.344. The number of hydrogen-bond acceptors (Lipinski definition) is 3. The third-order valence-electron chi connectivity index (χ3n) is 4.22. The summed E-state index contributed by atoms with van der Waals surface area (Å²) in [6.45, 7) is 8.97. The number of rotatable bonds is 2. The molecule has 2 fully saturated rings. The Balaban J connectivity index is 2.09. The predicted octanol–water partition coefficient (Wildman–Crippen LogP) is 2.51. The lowest BCUT2D eigenvalue weighted by Crippen LogP contribution is -2.60. The van der Waals surface area contributed by atoms with Crippen molar-refractivity contribution >= 4 is 0 Å². The Morgan fingerprint density at radius 3 is 2.24 bits per heavy atom. The Bertz CT molecular complexity index is 282. The predicted molar refractivity (Wildman–Crippen MR) is 63.8 cm³/mol. The minimum absolute atomic E-state index is 0.233. The maximum atomic E-state index is 12.6. The fourth-order valence-electron chi connectivity index (χ4n) is 3.00. The highest BCUT2D eigenvalue weighted by Gasteiger charge is 2.56. The van der Waals surface area contributed by atoms with Crippen LogP contribution >= 0.6 is 0 Å². The molecule has 2 aliphatic heterocycles. The average Bonchev–Trinajstić information content (AvgIpc) is 2.50. The van der Waals surface area contributed by atoms with Gasteiger partial charge in [0, 0.05) is 5.54 Å². The lowest BCUT2D eigenvalue weighted by atomic mass is 9.94. The van der Waals surface area contributed by atoms with E-state index in [0.29, 0.717) is 13.2 Å². The first kappa shape index (κ1) is 13.3. The molecule has 0 amide bonds. The number of hydrogen-bond donors (Lipinski definition) is 0. The van der Waals surface area contributed by atoms with E-state index in [1.807, 2.05) is 13.8 Å². The quantitative estimate of drug-likeness (QED) is 0.747. The highest BCUT2D eigenvalue weighted by molar-refractivity contribution is 5.04. The van der Waals surface area contributed by atoms with Crippen LogP contribution in [-0.2, 0) is 14.7 Å². The van der Waals surface area contributed by atoms with E-state index >= 15 is 0 Å². The standard InChI is InChI=1S/C13H24NO3/c1-5-6-12(4)7-8-13(14(12)15)9-16-11(2,3)17-10-13/h5-10H2,1-4H3. The molecule has 0 aromatic rings. The molecule has 2 saturated heterocycles. The Morgan fingerprint density at radius 1 is 1.12 bits per heavy atom. The molecule has 4 heteroatoms. The van der Waals surface area contributed by atoms with Crippen molar-refractivity contribution < 1.29 is 14.7 Å². The van der Waals surface area contributed by atoms with Gasteiger partial charge in [-0.15, -0.1) is 10.3 Å². The Morgan fingerprint density at radius 2 is 1.71 bits per heavy atom. The molecule has 2 rings (SSSR count). The molecule has 0 aromatic heterocycles. The molecule has 1 unspecified atom stereocenters. The van der Waals surface area contributed by atoms with Gasteiger partial charge >= 0.3 is 0 Å². The molecular formula is C13H24NO3. The smallest absolute Gasteiger partial charge is 0.162 e. The van der Waals surface area contributed by atoms with E-state index in [2.05, 4.69) is 13.8 Å². The minimum Gasteiger partial charge on any atom is -0.348 e. The van der Waals surface area contributed by atoms with Gasteiger partial charge in [-0.25, -0.2) is 0 Å². The summed E-state index contributed by atoms with van der Waals surface area (Å²) in [5.41, 5.74) is -0.678. The number of hydroxylamine groups is 2. The molecule has 1 spiro atoms. The summed E-state index contributed by atoms with van der Waals surface area (Å²) >= 11 is 0. The first-order chi connectivity index (χ1) is 7.84. The summed E-state index contributed by atoms with van der Waals surface area (Å²) in [7, 11) is 0.